The number of ether oxygens (including phenoxy) is 1. The minimum Gasteiger partial charge on any atom is -0.489 e. The van der Waals surface area contributed by atoms with Crippen molar-refractivity contribution in [2.45, 2.75) is 69.3 Å². The number of benzene rings is 4. The van der Waals surface area contributed by atoms with Crippen LogP contribution in [0.3, 0.4) is 0 Å². The average Bonchev–Trinajstić information content (AvgIpc) is 3.95. The molecule has 0 unspecified atom stereocenters. The maximum absolute atomic E-state index is 6.17. The van der Waals surface area contributed by atoms with Crippen molar-refractivity contribution in [3.05, 3.63) is 119 Å². The van der Waals surface area contributed by atoms with E-state index in [1.165, 1.54) is 35.2 Å². The minimum absolute atomic E-state index is 0.229. The molecule has 2 aromatic heterocycles. The fourth-order valence-corrected chi connectivity index (χ4v) is 7.96. The number of aromatic nitrogens is 4. The van der Waals surface area contributed by atoms with Crippen molar-refractivity contribution in [2.75, 3.05) is 18.0 Å². The molecular formula is C39H41N7O. The van der Waals surface area contributed by atoms with Crippen LogP contribution in [0.25, 0.3) is 22.1 Å². The zero-order valence-corrected chi connectivity index (χ0v) is 26.6. The molecule has 0 spiro atoms. The number of nitrogens with zero attached hydrogens (tertiary/aromatic N) is 3. The van der Waals surface area contributed by atoms with Crippen LogP contribution < -0.4 is 20.3 Å². The Labute approximate surface area is 275 Å². The van der Waals surface area contributed by atoms with Crippen LogP contribution in [0, 0.1) is 0 Å². The number of rotatable bonds is 8. The highest BCUT2D eigenvalue weighted by Gasteiger charge is 2.36. The molecule has 47 heavy (non-hydrogen) atoms. The van der Waals surface area contributed by atoms with Gasteiger partial charge in [-0.2, -0.15) is 0 Å². The van der Waals surface area contributed by atoms with Crippen molar-refractivity contribution in [2.24, 2.45) is 0 Å². The van der Waals surface area contributed by atoms with Crippen LogP contribution in [0.4, 0.5) is 5.69 Å². The third-order valence-electron chi connectivity index (χ3n) is 10.4. The second kappa shape index (κ2) is 12.2. The Balaban J connectivity index is 1.04. The molecule has 6 aromatic rings. The van der Waals surface area contributed by atoms with Crippen LogP contribution in [0.1, 0.15) is 91.0 Å². The molecule has 3 aliphatic rings. The summed E-state index contributed by atoms with van der Waals surface area (Å²) >= 11 is 0. The summed E-state index contributed by atoms with van der Waals surface area (Å²) in [4.78, 5) is 19.8. The maximum atomic E-state index is 6.17. The Morgan fingerprint density at radius 1 is 0.638 bits per heavy atom. The van der Waals surface area contributed by atoms with Crippen molar-refractivity contribution < 1.29 is 4.74 Å². The second-order valence-corrected chi connectivity index (χ2v) is 13.4. The van der Waals surface area contributed by atoms with E-state index in [4.69, 9.17) is 14.7 Å². The summed E-state index contributed by atoms with van der Waals surface area (Å²) < 4.78 is 6.17. The van der Waals surface area contributed by atoms with Gasteiger partial charge in [0.25, 0.3) is 0 Å². The SMILES string of the molecule is c1ccc(COc2ccc(N3[C@@H](c4ccc5nc([C@@H]6CCCN6)[nH]c5c4)CC[C@H]3c3ccc4nc([C@@H]5CCCN5)[nH]c4c3)cc2)cc1. The van der Waals surface area contributed by atoms with E-state index in [-0.39, 0.29) is 12.1 Å². The second-order valence-electron chi connectivity index (χ2n) is 13.4. The summed E-state index contributed by atoms with van der Waals surface area (Å²) in [6, 6.07) is 33.7. The van der Waals surface area contributed by atoms with E-state index in [9.17, 15) is 0 Å². The Kier molecular flexibility index (Phi) is 7.40. The van der Waals surface area contributed by atoms with Crippen LogP contribution in [-0.4, -0.2) is 33.0 Å². The monoisotopic (exact) mass is 623 g/mol. The maximum Gasteiger partial charge on any atom is 0.124 e. The molecule has 0 amide bonds. The number of nitrogens with one attached hydrogen (secondary N) is 4. The third-order valence-corrected chi connectivity index (χ3v) is 10.4. The number of H-pyrrole nitrogens is 2. The third kappa shape index (κ3) is 5.55. The van der Waals surface area contributed by atoms with Gasteiger partial charge in [0.05, 0.1) is 46.2 Å². The van der Waals surface area contributed by atoms with Crippen molar-refractivity contribution >= 4 is 27.8 Å². The number of fused-ring (bicyclic) bond motifs is 2. The van der Waals surface area contributed by atoms with Crippen LogP contribution in [0.15, 0.2) is 91.0 Å². The van der Waals surface area contributed by atoms with E-state index in [0.29, 0.717) is 18.7 Å². The molecule has 9 rings (SSSR count). The molecule has 0 saturated carbocycles. The van der Waals surface area contributed by atoms with Gasteiger partial charge in [0.2, 0.25) is 0 Å². The van der Waals surface area contributed by atoms with E-state index in [2.05, 4.69) is 110 Å². The van der Waals surface area contributed by atoms with Crippen molar-refractivity contribution in [3.8, 4) is 5.75 Å². The molecule has 3 fully saturated rings. The van der Waals surface area contributed by atoms with Crippen molar-refractivity contribution in [1.82, 2.24) is 30.6 Å². The van der Waals surface area contributed by atoms with Gasteiger partial charge >= 0.3 is 0 Å². The predicted molar refractivity (Wildman–Crippen MR) is 187 cm³/mol. The van der Waals surface area contributed by atoms with Gasteiger partial charge in [0.15, 0.2) is 0 Å². The summed E-state index contributed by atoms with van der Waals surface area (Å²) in [5.41, 5.74) is 9.31. The first-order valence-electron chi connectivity index (χ1n) is 17.3. The zero-order valence-electron chi connectivity index (χ0n) is 26.6. The van der Waals surface area contributed by atoms with Gasteiger partial charge in [0.1, 0.15) is 24.0 Å². The van der Waals surface area contributed by atoms with E-state index < -0.39 is 0 Å². The Morgan fingerprint density at radius 3 is 1.74 bits per heavy atom. The highest BCUT2D eigenvalue weighted by molar-refractivity contribution is 5.78. The number of anilines is 1. The van der Waals surface area contributed by atoms with E-state index in [1.807, 2.05) is 6.07 Å². The smallest absolute Gasteiger partial charge is 0.124 e. The van der Waals surface area contributed by atoms with Gasteiger partial charge in [-0.3, -0.25) is 0 Å². The zero-order chi connectivity index (χ0) is 31.2. The quantitative estimate of drug-likeness (QED) is 0.138. The fraction of sp³-hybridized carbons (Fsp3) is 0.333. The highest BCUT2D eigenvalue weighted by atomic mass is 16.5. The molecular weight excluding hydrogens is 582 g/mol. The standard InChI is InChI=1S/C39H41N7O/c1-2-6-25(7-3-1)24-47-29-14-12-28(13-15-29)46-36(26-10-16-30-34(22-26)44-38(42-30)32-8-4-20-40-32)18-19-37(46)27-11-17-31-35(23-27)45-39(43-31)33-9-5-21-41-33/h1-3,6-7,10-17,22-23,32-33,36-37,40-41H,4-5,8-9,18-21,24H2,(H,42,44)(H,43,45)/t32-,33-,36-,37+/m0/s1. The molecule has 4 aromatic carbocycles. The lowest BCUT2D eigenvalue weighted by Gasteiger charge is -2.33. The fourth-order valence-electron chi connectivity index (χ4n) is 7.96. The molecule has 8 nitrogen and oxygen atoms in total. The molecule has 3 saturated heterocycles. The van der Waals surface area contributed by atoms with Crippen LogP contribution in [-0.2, 0) is 6.61 Å². The normalized spacial score (nSPS) is 22.9. The van der Waals surface area contributed by atoms with Crippen molar-refractivity contribution in [1.29, 1.82) is 0 Å². The summed E-state index contributed by atoms with van der Waals surface area (Å²) in [5.74, 6) is 2.99. The van der Waals surface area contributed by atoms with Crippen LogP contribution in [0.2, 0.25) is 0 Å². The van der Waals surface area contributed by atoms with E-state index in [0.717, 1.165) is 78.2 Å². The molecule has 4 N–H and O–H groups in total. The highest BCUT2D eigenvalue weighted by Crippen LogP contribution is 2.48. The van der Waals surface area contributed by atoms with Crippen molar-refractivity contribution in [3.63, 3.8) is 0 Å². The summed E-state index contributed by atoms with van der Waals surface area (Å²) in [6.45, 7) is 2.68. The molecule has 8 heteroatoms. The molecule has 4 atom stereocenters. The molecule has 0 bridgehead atoms. The Morgan fingerprint density at radius 2 is 1.21 bits per heavy atom. The molecule has 5 heterocycles. The Hall–Kier alpha value is -4.66. The van der Waals surface area contributed by atoms with Gasteiger partial charge in [-0.1, -0.05) is 42.5 Å². The lowest BCUT2D eigenvalue weighted by Crippen LogP contribution is -2.26. The summed E-state index contributed by atoms with van der Waals surface area (Å²) in [5, 5.41) is 7.17. The first kappa shape index (κ1) is 28.6. The predicted octanol–water partition coefficient (Wildman–Crippen LogP) is 7.95. The van der Waals surface area contributed by atoms with Crippen LogP contribution >= 0.6 is 0 Å². The van der Waals surface area contributed by atoms with Gasteiger partial charge in [-0.15, -0.1) is 0 Å². The molecule has 0 radical (unpaired) electrons. The summed E-state index contributed by atoms with van der Waals surface area (Å²) in [7, 11) is 0. The molecule has 238 valence electrons. The minimum atomic E-state index is 0.229. The number of aromatic amines is 2. The van der Waals surface area contributed by atoms with Gasteiger partial charge < -0.3 is 30.2 Å². The Bertz CT molecular complexity index is 1890. The lowest BCUT2D eigenvalue weighted by atomic mass is 10.0. The lowest BCUT2D eigenvalue weighted by molar-refractivity contribution is 0.306. The van der Waals surface area contributed by atoms with E-state index >= 15 is 0 Å². The molecule has 0 aliphatic carbocycles. The van der Waals surface area contributed by atoms with Crippen LogP contribution in [0.5, 0.6) is 5.75 Å². The van der Waals surface area contributed by atoms with Gasteiger partial charge in [-0.25, -0.2) is 9.97 Å². The number of hydrogen-bond acceptors (Lipinski definition) is 6. The molecule has 3 aliphatic heterocycles. The topological polar surface area (TPSA) is 93.9 Å². The number of hydrogen-bond donors (Lipinski definition) is 4. The number of imidazole rings is 2. The average molecular weight is 624 g/mol. The van der Waals surface area contributed by atoms with E-state index in [1.54, 1.807) is 0 Å². The van der Waals surface area contributed by atoms with Gasteiger partial charge in [0, 0.05) is 5.69 Å². The first-order chi connectivity index (χ1) is 23.2. The first-order valence-corrected chi connectivity index (χ1v) is 17.3. The summed E-state index contributed by atoms with van der Waals surface area (Å²) in [6.07, 6.45) is 6.79. The van der Waals surface area contributed by atoms with Gasteiger partial charge in [-0.05, 0) is 117 Å². The largest absolute Gasteiger partial charge is 0.489 e.